The smallest absolute Gasteiger partial charge is 0.227 e. The van der Waals surface area contributed by atoms with Crippen LogP contribution in [0.5, 0.6) is 0 Å². The average Bonchev–Trinajstić information content (AvgIpc) is 2.15. The minimum Gasteiger partial charge on any atom is -0.345 e. The Morgan fingerprint density at radius 3 is 2.44 bits per heavy atom. The van der Waals surface area contributed by atoms with E-state index >= 15 is 0 Å². The van der Waals surface area contributed by atoms with Crippen LogP contribution in [0, 0.1) is 5.41 Å². The fourth-order valence-electron chi connectivity index (χ4n) is 1.97. The highest BCUT2D eigenvalue weighted by Crippen LogP contribution is 2.24. The minimum absolute atomic E-state index is 0.212. The van der Waals surface area contributed by atoms with Crippen LogP contribution in [0.1, 0.15) is 53.4 Å². The molecule has 0 aliphatic carbocycles. The van der Waals surface area contributed by atoms with Crippen LogP contribution in [0.4, 0.5) is 0 Å². The largest absolute Gasteiger partial charge is 0.345 e. The molecule has 0 bridgehead atoms. The Morgan fingerprint density at radius 1 is 1.44 bits per heavy atom. The van der Waals surface area contributed by atoms with Gasteiger partial charge in [-0.25, -0.2) is 0 Å². The van der Waals surface area contributed by atoms with E-state index in [2.05, 4.69) is 26.5 Å². The molecule has 96 valence electrons. The summed E-state index contributed by atoms with van der Waals surface area (Å²) >= 11 is 4.34. The summed E-state index contributed by atoms with van der Waals surface area (Å²) in [6, 6.07) is 0. The number of nitrogens with zero attached hydrogens (tertiary/aromatic N) is 1. The zero-order chi connectivity index (χ0) is 12.8. The van der Waals surface area contributed by atoms with Crippen molar-refractivity contribution in [2.24, 2.45) is 5.41 Å². The highest BCUT2D eigenvalue weighted by molar-refractivity contribution is 7.80. The van der Waals surface area contributed by atoms with Gasteiger partial charge in [-0.05, 0) is 24.5 Å². The highest BCUT2D eigenvalue weighted by Gasteiger charge is 2.28. The lowest BCUT2D eigenvalue weighted by Crippen LogP contribution is -2.39. The zero-order valence-corrected chi connectivity index (χ0v) is 12.3. The second-order valence-corrected chi connectivity index (χ2v) is 6.23. The van der Waals surface area contributed by atoms with E-state index < -0.39 is 0 Å². The Balaban J connectivity index is 4.07. The van der Waals surface area contributed by atoms with Gasteiger partial charge in [0.1, 0.15) is 0 Å². The van der Waals surface area contributed by atoms with E-state index in [1.165, 1.54) is 0 Å². The number of carbonyl (C=O) groups is 1. The number of carbonyl (C=O) groups excluding carboxylic acids is 1. The van der Waals surface area contributed by atoms with Crippen molar-refractivity contribution in [2.45, 2.75) is 58.6 Å². The van der Waals surface area contributed by atoms with Crippen LogP contribution in [0.15, 0.2) is 0 Å². The Hall–Kier alpha value is -0.180. The van der Waals surface area contributed by atoms with Crippen LogP contribution in [-0.2, 0) is 4.79 Å². The quantitative estimate of drug-likeness (QED) is 0.682. The molecule has 0 aliphatic rings. The fourth-order valence-corrected chi connectivity index (χ4v) is 2.16. The van der Waals surface area contributed by atoms with Gasteiger partial charge in [-0.1, -0.05) is 34.1 Å². The molecule has 0 radical (unpaired) electrons. The molecule has 0 aromatic carbocycles. The first-order valence-electron chi connectivity index (χ1n) is 6.25. The molecule has 0 fully saturated rings. The molecule has 2 nitrogen and oxygen atoms in total. The molecule has 0 saturated carbocycles. The molecule has 3 heteroatoms. The second kappa shape index (κ2) is 7.21. The van der Waals surface area contributed by atoms with Crippen LogP contribution in [-0.4, -0.2) is 29.6 Å². The van der Waals surface area contributed by atoms with Crippen molar-refractivity contribution in [3.05, 3.63) is 0 Å². The molecule has 0 aromatic rings. The minimum atomic E-state index is -0.212. The molecular weight excluding hydrogens is 218 g/mol. The number of rotatable bonds is 7. The van der Waals surface area contributed by atoms with Crippen molar-refractivity contribution in [2.75, 3.05) is 13.6 Å². The molecular formula is C13H27NOS. The monoisotopic (exact) mass is 245 g/mol. The SMILES string of the molecule is CCCC(C)(C)C(=O)N(C)CCCC(C)S. The molecule has 0 N–H and O–H groups in total. The van der Waals surface area contributed by atoms with Gasteiger partial charge in [-0.15, -0.1) is 0 Å². The van der Waals surface area contributed by atoms with E-state index in [1.807, 2.05) is 25.8 Å². The van der Waals surface area contributed by atoms with E-state index in [-0.39, 0.29) is 11.3 Å². The maximum absolute atomic E-state index is 12.1. The maximum Gasteiger partial charge on any atom is 0.227 e. The zero-order valence-electron chi connectivity index (χ0n) is 11.4. The molecule has 0 spiro atoms. The molecule has 16 heavy (non-hydrogen) atoms. The lowest BCUT2D eigenvalue weighted by Gasteiger charge is -2.29. The summed E-state index contributed by atoms with van der Waals surface area (Å²) in [4.78, 5) is 14.0. The van der Waals surface area contributed by atoms with Gasteiger partial charge in [-0.3, -0.25) is 4.79 Å². The Kier molecular flexibility index (Phi) is 7.12. The van der Waals surface area contributed by atoms with E-state index in [4.69, 9.17) is 0 Å². The summed E-state index contributed by atoms with van der Waals surface area (Å²) in [7, 11) is 1.91. The van der Waals surface area contributed by atoms with Crippen LogP contribution in [0.2, 0.25) is 0 Å². The third-order valence-corrected chi connectivity index (χ3v) is 3.17. The number of thiol groups is 1. The van der Waals surface area contributed by atoms with Gasteiger partial charge in [0, 0.05) is 19.0 Å². The summed E-state index contributed by atoms with van der Waals surface area (Å²) in [5.41, 5.74) is -0.212. The standard InChI is InChI=1S/C13H27NOS/c1-6-9-13(3,4)12(15)14(5)10-7-8-11(2)16/h11,16H,6-10H2,1-5H3. The first-order valence-corrected chi connectivity index (χ1v) is 6.76. The maximum atomic E-state index is 12.1. The van der Waals surface area contributed by atoms with Crippen molar-refractivity contribution in [1.29, 1.82) is 0 Å². The Bertz CT molecular complexity index is 214. The van der Waals surface area contributed by atoms with Gasteiger partial charge in [-0.2, -0.15) is 12.6 Å². The Morgan fingerprint density at radius 2 is 2.00 bits per heavy atom. The normalized spacial score (nSPS) is 13.6. The van der Waals surface area contributed by atoms with Crippen LogP contribution in [0.3, 0.4) is 0 Å². The van der Waals surface area contributed by atoms with E-state index in [9.17, 15) is 4.79 Å². The topological polar surface area (TPSA) is 20.3 Å². The van der Waals surface area contributed by atoms with Crippen molar-refractivity contribution in [3.8, 4) is 0 Å². The Labute approximate surface area is 106 Å². The summed E-state index contributed by atoms with van der Waals surface area (Å²) in [6.45, 7) is 9.13. The first kappa shape index (κ1) is 15.8. The number of hydrogen-bond donors (Lipinski definition) is 1. The molecule has 1 unspecified atom stereocenters. The van der Waals surface area contributed by atoms with Gasteiger partial charge < -0.3 is 4.90 Å². The molecule has 0 aromatic heterocycles. The second-order valence-electron chi connectivity index (χ2n) is 5.35. The van der Waals surface area contributed by atoms with Gasteiger partial charge in [0.2, 0.25) is 5.91 Å². The predicted molar refractivity (Wildman–Crippen MR) is 74.0 cm³/mol. The molecule has 0 aliphatic heterocycles. The molecule has 0 saturated heterocycles. The van der Waals surface area contributed by atoms with E-state index in [0.717, 1.165) is 32.2 Å². The third-order valence-electron chi connectivity index (χ3n) is 2.92. The van der Waals surface area contributed by atoms with Crippen molar-refractivity contribution < 1.29 is 4.79 Å². The van der Waals surface area contributed by atoms with Crippen molar-refractivity contribution >= 4 is 18.5 Å². The summed E-state index contributed by atoms with van der Waals surface area (Å²) in [6.07, 6.45) is 4.11. The van der Waals surface area contributed by atoms with Gasteiger partial charge in [0.15, 0.2) is 0 Å². The van der Waals surface area contributed by atoms with Crippen LogP contribution < -0.4 is 0 Å². The molecule has 0 heterocycles. The van der Waals surface area contributed by atoms with Crippen molar-refractivity contribution in [1.82, 2.24) is 4.90 Å². The van der Waals surface area contributed by atoms with Gasteiger partial charge >= 0.3 is 0 Å². The number of amides is 1. The lowest BCUT2D eigenvalue weighted by atomic mass is 9.86. The molecule has 0 rings (SSSR count). The van der Waals surface area contributed by atoms with Crippen LogP contribution in [0.25, 0.3) is 0 Å². The molecule has 1 amide bonds. The summed E-state index contributed by atoms with van der Waals surface area (Å²) in [5.74, 6) is 0.265. The highest BCUT2D eigenvalue weighted by atomic mass is 32.1. The average molecular weight is 245 g/mol. The van der Waals surface area contributed by atoms with Gasteiger partial charge in [0.25, 0.3) is 0 Å². The summed E-state index contributed by atoms with van der Waals surface area (Å²) < 4.78 is 0. The van der Waals surface area contributed by atoms with Gasteiger partial charge in [0.05, 0.1) is 0 Å². The van der Waals surface area contributed by atoms with E-state index in [0.29, 0.717) is 5.25 Å². The van der Waals surface area contributed by atoms with E-state index in [1.54, 1.807) is 0 Å². The van der Waals surface area contributed by atoms with Crippen LogP contribution >= 0.6 is 12.6 Å². The van der Waals surface area contributed by atoms with Crippen molar-refractivity contribution in [3.63, 3.8) is 0 Å². The molecule has 1 atom stereocenters. The third kappa shape index (κ3) is 5.78. The summed E-state index contributed by atoms with van der Waals surface area (Å²) in [5, 5.41) is 0.423. The first-order chi connectivity index (χ1) is 7.31. The number of hydrogen-bond acceptors (Lipinski definition) is 2. The predicted octanol–water partition coefficient (Wildman–Crippen LogP) is 3.37. The lowest BCUT2D eigenvalue weighted by molar-refractivity contribution is -0.139. The fraction of sp³-hybridized carbons (Fsp3) is 0.923.